The highest BCUT2D eigenvalue weighted by atomic mass is 16.6. The van der Waals surface area contributed by atoms with Crippen LogP contribution in [0.3, 0.4) is 0 Å². The lowest BCUT2D eigenvalue weighted by Gasteiger charge is -2.28. The SMILES string of the molecule is CNCCCC1CCCCN(C(=O)OC(C)(C)C)C1. The molecule has 1 aliphatic rings. The van der Waals surface area contributed by atoms with E-state index in [-0.39, 0.29) is 6.09 Å². The third kappa shape index (κ3) is 6.81. The van der Waals surface area contributed by atoms with Crippen LogP contribution in [-0.4, -0.2) is 43.3 Å². The minimum Gasteiger partial charge on any atom is -0.444 e. The van der Waals surface area contributed by atoms with Gasteiger partial charge in [0.05, 0.1) is 0 Å². The van der Waals surface area contributed by atoms with E-state index >= 15 is 0 Å². The van der Waals surface area contributed by atoms with Crippen LogP contribution in [-0.2, 0) is 4.74 Å². The zero-order valence-electron chi connectivity index (χ0n) is 13.0. The average Bonchev–Trinajstić information content (AvgIpc) is 2.53. The largest absolute Gasteiger partial charge is 0.444 e. The van der Waals surface area contributed by atoms with Crippen LogP contribution >= 0.6 is 0 Å². The number of hydrogen-bond donors (Lipinski definition) is 1. The zero-order chi connectivity index (χ0) is 14.3. The molecule has 4 heteroatoms. The highest BCUT2D eigenvalue weighted by Crippen LogP contribution is 2.22. The van der Waals surface area contributed by atoms with Gasteiger partial charge in [0.2, 0.25) is 0 Å². The third-order valence-corrected chi connectivity index (χ3v) is 3.46. The Bertz CT molecular complexity index is 274. The number of ether oxygens (including phenoxy) is 1. The van der Waals surface area contributed by atoms with Gasteiger partial charge in [0.1, 0.15) is 5.60 Å². The average molecular weight is 270 g/mol. The minimum absolute atomic E-state index is 0.145. The Kier molecular flexibility index (Phi) is 6.63. The minimum atomic E-state index is -0.398. The molecule has 1 amide bonds. The quantitative estimate of drug-likeness (QED) is 0.798. The van der Waals surface area contributed by atoms with Crippen molar-refractivity contribution in [2.75, 3.05) is 26.7 Å². The molecule has 0 spiro atoms. The van der Waals surface area contributed by atoms with Gasteiger partial charge in [-0.15, -0.1) is 0 Å². The molecule has 1 atom stereocenters. The van der Waals surface area contributed by atoms with Crippen molar-refractivity contribution in [1.82, 2.24) is 10.2 Å². The molecule has 1 aliphatic heterocycles. The maximum absolute atomic E-state index is 12.1. The molecule has 19 heavy (non-hydrogen) atoms. The summed E-state index contributed by atoms with van der Waals surface area (Å²) < 4.78 is 5.48. The molecule has 0 aromatic rings. The van der Waals surface area contributed by atoms with Crippen LogP contribution in [0.25, 0.3) is 0 Å². The van der Waals surface area contributed by atoms with Crippen molar-refractivity contribution in [3.8, 4) is 0 Å². The van der Waals surface area contributed by atoms with E-state index < -0.39 is 5.60 Å². The predicted octanol–water partition coefficient (Wildman–Crippen LogP) is 3.02. The Hall–Kier alpha value is -0.770. The van der Waals surface area contributed by atoms with Gasteiger partial charge in [0, 0.05) is 13.1 Å². The Balaban J connectivity index is 2.46. The second-order valence-electron chi connectivity index (χ2n) is 6.53. The van der Waals surface area contributed by atoms with Crippen molar-refractivity contribution >= 4 is 6.09 Å². The van der Waals surface area contributed by atoms with Crippen molar-refractivity contribution < 1.29 is 9.53 Å². The molecule has 0 aromatic carbocycles. The van der Waals surface area contributed by atoms with Crippen LogP contribution in [0, 0.1) is 5.92 Å². The molecule has 0 saturated carbocycles. The Morgan fingerprint density at radius 1 is 1.37 bits per heavy atom. The summed E-state index contributed by atoms with van der Waals surface area (Å²) in [6, 6.07) is 0. The maximum Gasteiger partial charge on any atom is 0.410 e. The summed E-state index contributed by atoms with van der Waals surface area (Å²) in [6.07, 6.45) is 5.80. The van der Waals surface area contributed by atoms with E-state index in [1.807, 2.05) is 32.7 Å². The van der Waals surface area contributed by atoms with Crippen molar-refractivity contribution in [3.05, 3.63) is 0 Å². The number of nitrogens with one attached hydrogen (secondary N) is 1. The molecule has 4 nitrogen and oxygen atoms in total. The lowest BCUT2D eigenvalue weighted by Crippen LogP contribution is -2.39. The molecule has 0 bridgehead atoms. The maximum atomic E-state index is 12.1. The molecule has 1 saturated heterocycles. The Morgan fingerprint density at radius 3 is 2.74 bits per heavy atom. The van der Waals surface area contributed by atoms with Crippen LogP contribution < -0.4 is 5.32 Å². The third-order valence-electron chi connectivity index (χ3n) is 3.46. The molecule has 0 aromatic heterocycles. The zero-order valence-corrected chi connectivity index (χ0v) is 13.0. The van der Waals surface area contributed by atoms with Gasteiger partial charge < -0.3 is 15.0 Å². The van der Waals surface area contributed by atoms with Crippen molar-refractivity contribution in [2.24, 2.45) is 5.92 Å². The van der Waals surface area contributed by atoms with Gasteiger partial charge in [-0.05, 0) is 66.0 Å². The number of rotatable bonds is 4. The lowest BCUT2D eigenvalue weighted by molar-refractivity contribution is 0.0232. The van der Waals surface area contributed by atoms with Crippen LogP contribution in [0.4, 0.5) is 4.79 Å². The normalized spacial score (nSPS) is 21.1. The molecule has 112 valence electrons. The topological polar surface area (TPSA) is 41.6 Å². The van der Waals surface area contributed by atoms with Gasteiger partial charge in [0.15, 0.2) is 0 Å². The number of hydrogen-bond acceptors (Lipinski definition) is 3. The van der Waals surface area contributed by atoms with Crippen molar-refractivity contribution in [1.29, 1.82) is 0 Å². The van der Waals surface area contributed by atoms with E-state index in [4.69, 9.17) is 4.74 Å². The number of likely N-dealkylation sites (tertiary alicyclic amines) is 1. The summed E-state index contributed by atoms with van der Waals surface area (Å²) in [4.78, 5) is 14.0. The van der Waals surface area contributed by atoms with Crippen molar-refractivity contribution in [2.45, 2.75) is 58.5 Å². The first-order valence-corrected chi connectivity index (χ1v) is 7.55. The summed E-state index contributed by atoms with van der Waals surface area (Å²) >= 11 is 0. The monoisotopic (exact) mass is 270 g/mol. The first-order valence-electron chi connectivity index (χ1n) is 7.55. The molecular weight excluding hydrogens is 240 g/mol. The summed E-state index contributed by atoms with van der Waals surface area (Å²) in [5.41, 5.74) is -0.398. The standard InChI is InChI=1S/C15H30N2O2/c1-15(2,3)19-14(18)17-11-6-5-8-13(12-17)9-7-10-16-4/h13,16H,5-12H2,1-4H3. The van der Waals surface area contributed by atoms with E-state index in [0.717, 1.165) is 26.1 Å². The predicted molar refractivity (Wildman–Crippen MR) is 78.3 cm³/mol. The molecular formula is C15H30N2O2. The number of carbonyl (C=O) groups excluding carboxylic acids is 1. The van der Waals surface area contributed by atoms with E-state index in [9.17, 15) is 4.79 Å². The number of amides is 1. The summed E-state index contributed by atoms with van der Waals surface area (Å²) in [5, 5.41) is 3.18. The van der Waals surface area contributed by atoms with Crippen LogP contribution in [0.1, 0.15) is 52.9 Å². The van der Waals surface area contributed by atoms with Gasteiger partial charge >= 0.3 is 6.09 Å². The van der Waals surface area contributed by atoms with Gasteiger partial charge in [-0.25, -0.2) is 4.79 Å². The van der Waals surface area contributed by atoms with E-state index in [1.54, 1.807) is 0 Å². The fraction of sp³-hybridized carbons (Fsp3) is 0.933. The molecule has 0 radical (unpaired) electrons. The van der Waals surface area contributed by atoms with E-state index in [0.29, 0.717) is 5.92 Å². The smallest absolute Gasteiger partial charge is 0.410 e. The van der Waals surface area contributed by atoms with Gasteiger partial charge in [-0.2, -0.15) is 0 Å². The lowest BCUT2D eigenvalue weighted by atomic mass is 9.98. The van der Waals surface area contributed by atoms with Gasteiger partial charge in [-0.1, -0.05) is 6.42 Å². The fourth-order valence-corrected chi connectivity index (χ4v) is 2.53. The second-order valence-corrected chi connectivity index (χ2v) is 6.53. The highest BCUT2D eigenvalue weighted by molar-refractivity contribution is 5.68. The van der Waals surface area contributed by atoms with E-state index in [2.05, 4.69) is 5.32 Å². The fourth-order valence-electron chi connectivity index (χ4n) is 2.53. The molecule has 1 unspecified atom stereocenters. The molecule has 1 heterocycles. The second kappa shape index (κ2) is 7.73. The number of carbonyl (C=O) groups is 1. The molecule has 0 aliphatic carbocycles. The summed E-state index contributed by atoms with van der Waals surface area (Å²) in [7, 11) is 1.99. The Morgan fingerprint density at radius 2 is 2.11 bits per heavy atom. The Labute approximate surface area is 117 Å². The van der Waals surface area contributed by atoms with Crippen molar-refractivity contribution in [3.63, 3.8) is 0 Å². The van der Waals surface area contributed by atoms with Crippen LogP contribution in [0.15, 0.2) is 0 Å². The van der Waals surface area contributed by atoms with Gasteiger partial charge in [0.25, 0.3) is 0 Å². The first-order chi connectivity index (χ1) is 8.92. The van der Waals surface area contributed by atoms with Gasteiger partial charge in [-0.3, -0.25) is 0 Å². The van der Waals surface area contributed by atoms with Crippen LogP contribution in [0.2, 0.25) is 0 Å². The highest BCUT2D eigenvalue weighted by Gasteiger charge is 2.25. The van der Waals surface area contributed by atoms with Crippen LogP contribution in [0.5, 0.6) is 0 Å². The first kappa shape index (κ1) is 16.3. The molecule has 1 rings (SSSR count). The molecule has 1 N–H and O–H groups in total. The number of nitrogens with zero attached hydrogens (tertiary/aromatic N) is 1. The van der Waals surface area contributed by atoms with E-state index in [1.165, 1.54) is 25.7 Å². The summed E-state index contributed by atoms with van der Waals surface area (Å²) in [5.74, 6) is 0.628. The molecule has 1 fully saturated rings. The summed E-state index contributed by atoms with van der Waals surface area (Å²) in [6.45, 7) is 8.53.